The van der Waals surface area contributed by atoms with E-state index < -0.39 is 0 Å². The van der Waals surface area contributed by atoms with Crippen molar-refractivity contribution in [3.8, 4) is 0 Å². The number of amides is 1. The van der Waals surface area contributed by atoms with Crippen LogP contribution in [0.1, 0.15) is 38.2 Å². The summed E-state index contributed by atoms with van der Waals surface area (Å²) in [6, 6.07) is 9.08. The van der Waals surface area contributed by atoms with Gasteiger partial charge in [0.25, 0.3) is 0 Å². The van der Waals surface area contributed by atoms with Gasteiger partial charge in [-0.15, -0.1) is 0 Å². The number of carbonyl (C=O) groups excluding carboxylic acids is 1. The number of fused-ring (bicyclic) bond motifs is 1. The van der Waals surface area contributed by atoms with E-state index in [1.165, 1.54) is 6.07 Å². The predicted octanol–water partition coefficient (Wildman–Crippen LogP) is 3.12. The van der Waals surface area contributed by atoms with E-state index in [9.17, 15) is 14.3 Å². The molecule has 0 saturated carbocycles. The van der Waals surface area contributed by atoms with Gasteiger partial charge in [0.05, 0.1) is 18.0 Å². The second-order valence-corrected chi connectivity index (χ2v) is 11.4. The highest BCUT2D eigenvalue weighted by atomic mass is 19.1. The van der Waals surface area contributed by atoms with E-state index in [2.05, 4.69) is 43.0 Å². The number of aliphatic hydroxyl groups is 1. The third-order valence-corrected chi connectivity index (χ3v) is 8.91. The van der Waals surface area contributed by atoms with Gasteiger partial charge in [0.1, 0.15) is 17.5 Å². The van der Waals surface area contributed by atoms with Crippen LogP contribution in [0.25, 0.3) is 0 Å². The van der Waals surface area contributed by atoms with E-state index in [0.717, 1.165) is 94.3 Å². The Kier molecular flexibility index (Phi) is 9.42. The number of hydrogen-bond donors (Lipinski definition) is 2. The van der Waals surface area contributed by atoms with Gasteiger partial charge >= 0.3 is 0 Å². The van der Waals surface area contributed by atoms with Crippen molar-refractivity contribution in [1.82, 2.24) is 19.7 Å². The van der Waals surface area contributed by atoms with Crippen LogP contribution >= 0.6 is 0 Å². The Labute approximate surface area is 243 Å². The van der Waals surface area contributed by atoms with Crippen LogP contribution in [0.4, 0.5) is 21.6 Å². The molecule has 0 bridgehead atoms. The van der Waals surface area contributed by atoms with Gasteiger partial charge in [-0.2, -0.15) is 0 Å². The van der Waals surface area contributed by atoms with Gasteiger partial charge in [-0.25, -0.2) is 9.37 Å². The van der Waals surface area contributed by atoms with Crippen molar-refractivity contribution in [2.45, 2.75) is 45.2 Å². The van der Waals surface area contributed by atoms with E-state index in [0.29, 0.717) is 18.9 Å². The number of hydrogen-bond acceptors (Lipinski definition) is 8. The largest absolute Gasteiger partial charge is 0.395 e. The van der Waals surface area contributed by atoms with Crippen molar-refractivity contribution >= 4 is 23.1 Å². The first-order chi connectivity index (χ1) is 19.9. The lowest BCUT2D eigenvalue weighted by atomic mass is 9.93. The van der Waals surface area contributed by atoms with Crippen molar-refractivity contribution in [3.05, 3.63) is 60.3 Å². The number of likely N-dealkylation sites (tertiary alicyclic amines) is 2. The van der Waals surface area contributed by atoms with Crippen LogP contribution in [0.2, 0.25) is 0 Å². The fourth-order valence-electron chi connectivity index (χ4n) is 6.58. The number of likely N-dealkylation sites (N-methyl/N-ethyl adjacent to an activating group) is 1. The molecule has 1 aromatic heterocycles. The first-order valence-electron chi connectivity index (χ1n) is 15.0. The quantitative estimate of drug-likeness (QED) is 0.454. The number of pyridine rings is 1. The summed E-state index contributed by atoms with van der Waals surface area (Å²) in [6.45, 7) is 13.6. The summed E-state index contributed by atoms with van der Waals surface area (Å²) < 4.78 is 14.3. The van der Waals surface area contributed by atoms with Crippen LogP contribution in [0.5, 0.6) is 0 Å². The minimum Gasteiger partial charge on any atom is -0.395 e. The fraction of sp³-hybridized carbons (Fsp3) is 0.548. The Morgan fingerprint density at radius 2 is 1.85 bits per heavy atom. The molecule has 0 aliphatic carbocycles. The Bertz CT molecular complexity index is 1210. The number of nitrogens with two attached hydrogens (primary N) is 1. The molecule has 0 unspecified atom stereocenters. The normalized spacial score (nSPS) is 18.9. The Morgan fingerprint density at radius 3 is 2.54 bits per heavy atom. The maximum Gasteiger partial charge on any atom is 0.225 e. The van der Waals surface area contributed by atoms with Crippen LogP contribution in [-0.4, -0.2) is 95.7 Å². The summed E-state index contributed by atoms with van der Waals surface area (Å²) in [6.07, 6.45) is 5.20. The highest BCUT2D eigenvalue weighted by molar-refractivity contribution is 5.83. The first-order valence-corrected chi connectivity index (χ1v) is 15.0. The molecule has 1 amide bonds. The second kappa shape index (κ2) is 13.2. The van der Waals surface area contributed by atoms with Crippen LogP contribution in [-0.2, 0) is 11.3 Å². The molecule has 3 aliphatic rings. The molecule has 3 aliphatic heterocycles. The predicted molar refractivity (Wildman–Crippen MR) is 161 cm³/mol. The van der Waals surface area contributed by atoms with Crippen molar-refractivity contribution in [2.24, 2.45) is 5.92 Å². The minimum atomic E-state index is -0.262. The van der Waals surface area contributed by atoms with Gasteiger partial charge in [0, 0.05) is 57.4 Å². The highest BCUT2D eigenvalue weighted by Crippen LogP contribution is 2.44. The number of carbonyl (C=O) groups is 1. The van der Waals surface area contributed by atoms with E-state index in [4.69, 9.17) is 5.73 Å². The van der Waals surface area contributed by atoms with Crippen molar-refractivity contribution in [1.29, 1.82) is 0 Å². The maximum atomic E-state index is 14.3. The fourth-order valence-corrected chi connectivity index (χ4v) is 6.58. The lowest BCUT2D eigenvalue weighted by molar-refractivity contribution is -0.138. The van der Waals surface area contributed by atoms with Gasteiger partial charge < -0.3 is 25.5 Å². The standard InChI is InChI=1S/C31H44FN7O2/c1-3-35(18-19-40)16-17-38-23(2)39(28-5-4-26(32)21-29(28)38)27-9-14-37(15-10-27)31(41)25-7-12-36(13-8-25)22-24-6-11-34-30(33)20-24/h4-6,11,20-21,25,27,40H,2-3,7-10,12-19,22H2,1H3,(H2,33,34). The molecule has 4 heterocycles. The molecule has 3 N–H and O–H groups in total. The summed E-state index contributed by atoms with van der Waals surface area (Å²) in [5.41, 5.74) is 8.81. The molecular weight excluding hydrogens is 521 g/mol. The number of rotatable bonds is 10. The highest BCUT2D eigenvalue weighted by Gasteiger charge is 2.38. The lowest BCUT2D eigenvalue weighted by Crippen LogP contribution is -2.49. The molecular formula is C31H44FN7O2. The number of halogens is 1. The third-order valence-electron chi connectivity index (χ3n) is 8.91. The van der Waals surface area contributed by atoms with Gasteiger partial charge in [0.2, 0.25) is 5.91 Å². The van der Waals surface area contributed by atoms with Crippen molar-refractivity contribution < 1.29 is 14.3 Å². The molecule has 2 aromatic rings. The van der Waals surface area contributed by atoms with Crippen LogP contribution < -0.4 is 15.5 Å². The number of nitrogen functional groups attached to an aromatic ring is 1. The topological polar surface area (TPSA) is 92.4 Å². The molecule has 5 rings (SSSR count). The molecule has 2 fully saturated rings. The summed E-state index contributed by atoms with van der Waals surface area (Å²) in [4.78, 5) is 28.5. The molecule has 10 heteroatoms. The molecule has 1 aromatic carbocycles. The Hall–Kier alpha value is -3.21. The van der Waals surface area contributed by atoms with E-state index in [-0.39, 0.29) is 30.3 Å². The average Bonchev–Trinajstić information content (AvgIpc) is 3.25. The molecule has 41 heavy (non-hydrogen) atoms. The lowest BCUT2D eigenvalue weighted by Gasteiger charge is -2.40. The van der Waals surface area contributed by atoms with E-state index in [1.807, 2.05) is 18.2 Å². The van der Waals surface area contributed by atoms with Crippen LogP contribution in [0.3, 0.4) is 0 Å². The summed E-state index contributed by atoms with van der Waals surface area (Å²) in [7, 11) is 0. The van der Waals surface area contributed by atoms with Gasteiger partial charge in [0.15, 0.2) is 0 Å². The Morgan fingerprint density at radius 1 is 1.10 bits per heavy atom. The number of benzene rings is 1. The molecule has 9 nitrogen and oxygen atoms in total. The smallest absolute Gasteiger partial charge is 0.225 e. The zero-order valence-electron chi connectivity index (χ0n) is 24.2. The second-order valence-electron chi connectivity index (χ2n) is 11.4. The average molecular weight is 566 g/mol. The molecule has 2 saturated heterocycles. The van der Waals surface area contributed by atoms with Gasteiger partial charge in [-0.05, 0) is 81.2 Å². The molecule has 0 radical (unpaired) electrons. The number of nitrogens with zero attached hydrogens (tertiary/aromatic N) is 6. The minimum absolute atomic E-state index is 0.0756. The molecule has 222 valence electrons. The molecule has 0 spiro atoms. The number of piperidine rings is 2. The van der Waals surface area contributed by atoms with Crippen LogP contribution in [0.15, 0.2) is 48.9 Å². The third kappa shape index (κ3) is 6.66. The monoisotopic (exact) mass is 565 g/mol. The van der Waals surface area contributed by atoms with Gasteiger partial charge in [-0.1, -0.05) is 13.5 Å². The summed E-state index contributed by atoms with van der Waals surface area (Å²) >= 11 is 0. The Balaban J connectivity index is 1.16. The van der Waals surface area contributed by atoms with Gasteiger partial charge in [-0.3, -0.25) is 14.6 Å². The van der Waals surface area contributed by atoms with Crippen molar-refractivity contribution in [3.63, 3.8) is 0 Å². The van der Waals surface area contributed by atoms with Crippen molar-refractivity contribution in [2.75, 3.05) is 74.5 Å². The number of aromatic nitrogens is 1. The first kappa shape index (κ1) is 29.3. The summed E-state index contributed by atoms with van der Waals surface area (Å²) in [5, 5.41) is 9.37. The summed E-state index contributed by atoms with van der Waals surface area (Å²) in [5.74, 6) is 1.50. The number of aliphatic hydroxyl groups excluding tert-OH is 1. The molecule has 0 atom stereocenters. The zero-order valence-corrected chi connectivity index (χ0v) is 24.2. The SMILES string of the molecule is C=C1N(CCN(CC)CCO)c2cc(F)ccc2N1C1CCN(C(=O)C2CCN(Cc3ccnc(N)c3)CC2)CC1. The van der Waals surface area contributed by atoms with E-state index >= 15 is 0 Å². The van der Waals surface area contributed by atoms with Crippen LogP contribution in [0, 0.1) is 11.7 Å². The maximum absolute atomic E-state index is 14.3. The van der Waals surface area contributed by atoms with E-state index in [1.54, 1.807) is 12.3 Å². The number of anilines is 3. The zero-order chi connectivity index (χ0) is 28.9.